The van der Waals surface area contributed by atoms with Gasteiger partial charge in [0.2, 0.25) is 0 Å². The molecule has 9 heteroatoms. The highest BCUT2D eigenvalue weighted by Gasteiger charge is 2.27. The van der Waals surface area contributed by atoms with Crippen molar-refractivity contribution in [1.82, 2.24) is 0 Å². The molecule has 0 saturated carbocycles. The highest BCUT2D eigenvalue weighted by molar-refractivity contribution is 6.12. The van der Waals surface area contributed by atoms with E-state index in [1.165, 1.54) is 24.3 Å². The lowest BCUT2D eigenvalue weighted by Gasteiger charge is -2.14. The molecule has 0 amide bonds. The van der Waals surface area contributed by atoms with E-state index in [9.17, 15) is 29.7 Å². The summed E-state index contributed by atoms with van der Waals surface area (Å²) in [7, 11) is 0. The van der Waals surface area contributed by atoms with Crippen molar-refractivity contribution in [1.29, 1.82) is 0 Å². The standard InChI is InChI=1S/C20H17NO8/c21-11(5-6-16(26)27)19(28)18-13(24)7-12(23)17-14(25)8-15(29-20(17)18)9-1-3-10(22)4-2-9/h1-4,7-8,11,22-24H,5-6,21H2,(H,26,27)/t11-/m0/s1. The molecule has 2 aromatic carbocycles. The topological polar surface area (TPSA) is 171 Å². The van der Waals surface area contributed by atoms with Gasteiger partial charge in [-0.1, -0.05) is 0 Å². The molecule has 0 bridgehead atoms. The zero-order valence-corrected chi connectivity index (χ0v) is 15.0. The Morgan fingerprint density at radius 3 is 2.31 bits per heavy atom. The van der Waals surface area contributed by atoms with Gasteiger partial charge in [0.05, 0.1) is 6.04 Å². The van der Waals surface area contributed by atoms with E-state index in [2.05, 4.69) is 0 Å². The number of phenolic OH excluding ortho intramolecular Hbond substituents is 3. The molecule has 0 radical (unpaired) electrons. The van der Waals surface area contributed by atoms with E-state index >= 15 is 0 Å². The van der Waals surface area contributed by atoms with Crippen molar-refractivity contribution in [2.75, 3.05) is 0 Å². The average Bonchev–Trinajstić information content (AvgIpc) is 2.65. The van der Waals surface area contributed by atoms with Crippen LogP contribution in [0, 0.1) is 0 Å². The third kappa shape index (κ3) is 3.90. The van der Waals surface area contributed by atoms with Gasteiger partial charge in [-0.15, -0.1) is 0 Å². The number of nitrogens with two attached hydrogens (primary N) is 1. The normalized spacial score (nSPS) is 12.0. The van der Waals surface area contributed by atoms with Crippen LogP contribution in [0.1, 0.15) is 23.2 Å². The second-order valence-electron chi connectivity index (χ2n) is 6.42. The smallest absolute Gasteiger partial charge is 0.303 e. The largest absolute Gasteiger partial charge is 0.508 e. The van der Waals surface area contributed by atoms with Crippen LogP contribution in [0.4, 0.5) is 0 Å². The van der Waals surface area contributed by atoms with E-state index in [4.69, 9.17) is 15.3 Å². The van der Waals surface area contributed by atoms with E-state index in [1.54, 1.807) is 0 Å². The van der Waals surface area contributed by atoms with E-state index in [-0.39, 0.29) is 35.3 Å². The van der Waals surface area contributed by atoms with Crippen LogP contribution in [0.3, 0.4) is 0 Å². The molecule has 0 aliphatic rings. The molecule has 9 nitrogen and oxygen atoms in total. The zero-order chi connectivity index (χ0) is 21.3. The molecule has 0 aliphatic heterocycles. The van der Waals surface area contributed by atoms with E-state index < -0.39 is 40.3 Å². The maximum absolute atomic E-state index is 12.8. The molecule has 150 valence electrons. The summed E-state index contributed by atoms with van der Waals surface area (Å²) >= 11 is 0. The van der Waals surface area contributed by atoms with Gasteiger partial charge in [-0.2, -0.15) is 0 Å². The van der Waals surface area contributed by atoms with E-state index in [0.29, 0.717) is 5.56 Å². The van der Waals surface area contributed by atoms with Gasteiger partial charge in [-0.3, -0.25) is 14.4 Å². The summed E-state index contributed by atoms with van der Waals surface area (Å²) in [5.41, 5.74) is 4.71. The molecular weight excluding hydrogens is 382 g/mol. The predicted molar refractivity (Wildman–Crippen MR) is 102 cm³/mol. The van der Waals surface area contributed by atoms with Gasteiger partial charge in [0.25, 0.3) is 0 Å². The Bertz CT molecular complexity index is 1160. The van der Waals surface area contributed by atoms with Crippen LogP contribution in [-0.4, -0.2) is 38.2 Å². The maximum Gasteiger partial charge on any atom is 0.303 e. The van der Waals surface area contributed by atoms with Gasteiger partial charge in [0, 0.05) is 24.1 Å². The number of carbonyl (C=O) groups is 2. The third-order valence-electron chi connectivity index (χ3n) is 4.36. The van der Waals surface area contributed by atoms with Crippen molar-refractivity contribution in [2.45, 2.75) is 18.9 Å². The highest BCUT2D eigenvalue weighted by atomic mass is 16.4. The van der Waals surface area contributed by atoms with Crippen molar-refractivity contribution in [3.63, 3.8) is 0 Å². The minimum Gasteiger partial charge on any atom is -0.508 e. The van der Waals surface area contributed by atoms with Crippen LogP contribution in [0.25, 0.3) is 22.3 Å². The Hall–Kier alpha value is -3.85. The number of aliphatic carboxylic acids is 1. The molecule has 1 heterocycles. The fourth-order valence-electron chi connectivity index (χ4n) is 2.90. The quantitative estimate of drug-likeness (QED) is 0.388. The Morgan fingerprint density at radius 1 is 1.03 bits per heavy atom. The first-order valence-corrected chi connectivity index (χ1v) is 8.52. The number of rotatable bonds is 6. The summed E-state index contributed by atoms with van der Waals surface area (Å²) in [5.74, 6) is -3.20. The molecule has 1 atom stereocenters. The minimum absolute atomic E-state index is 0.00699. The molecule has 0 unspecified atom stereocenters. The molecule has 0 saturated heterocycles. The van der Waals surface area contributed by atoms with Gasteiger partial charge in [0.1, 0.15) is 34.0 Å². The van der Waals surface area contributed by atoms with Crippen LogP contribution in [0.15, 0.2) is 45.6 Å². The fraction of sp³-hybridized carbons (Fsp3) is 0.150. The number of carboxylic acids is 1. The first-order valence-electron chi connectivity index (χ1n) is 8.52. The number of hydrogen-bond acceptors (Lipinski definition) is 8. The van der Waals surface area contributed by atoms with Gasteiger partial charge in [0.15, 0.2) is 16.8 Å². The van der Waals surface area contributed by atoms with E-state index in [1.807, 2.05) is 0 Å². The number of benzene rings is 2. The van der Waals surface area contributed by atoms with Crippen molar-refractivity contribution in [3.8, 4) is 28.6 Å². The van der Waals surface area contributed by atoms with Crippen LogP contribution in [0.2, 0.25) is 0 Å². The van der Waals surface area contributed by atoms with Gasteiger partial charge in [-0.25, -0.2) is 0 Å². The molecule has 0 spiro atoms. The maximum atomic E-state index is 12.8. The lowest BCUT2D eigenvalue weighted by molar-refractivity contribution is -0.137. The molecule has 3 rings (SSSR count). The molecule has 6 N–H and O–H groups in total. The van der Waals surface area contributed by atoms with Gasteiger partial charge in [-0.05, 0) is 30.7 Å². The van der Waals surface area contributed by atoms with Crippen molar-refractivity contribution < 1.29 is 34.4 Å². The summed E-state index contributed by atoms with van der Waals surface area (Å²) in [5, 5.41) is 38.2. The number of phenols is 3. The SMILES string of the molecule is N[C@@H](CCC(=O)O)C(=O)c1c(O)cc(O)c2c(=O)cc(-c3ccc(O)cc3)oc12. The fourth-order valence-corrected chi connectivity index (χ4v) is 2.90. The first-order chi connectivity index (χ1) is 13.7. The Morgan fingerprint density at radius 2 is 1.69 bits per heavy atom. The summed E-state index contributed by atoms with van der Waals surface area (Å²) in [6.07, 6.45) is -0.565. The number of aromatic hydroxyl groups is 3. The monoisotopic (exact) mass is 399 g/mol. The average molecular weight is 399 g/mol. The molecular formula is C20H17NO8. The van der Waals surface area contributed by atoms with Crippen LogP contribution >= 0.6 is 0 Å². The molecule has 29 heavy (non-hydrogen) atoms. The number of carboxylic acid groups (broad SMARTS) is 1. The Kier molecular flexibility index (Phi) is 5.24. The third-order valence-corrected chi connectivity index (χ3v) is 4.36. The number of ketones is 1. The number of Topliss-reactive ketones (excluding diaryl/α,β-unsaturated/α-hetero) is 1. The number of fused-ring (bicyclic) bond motifs is 1. The molecule has 3 aromatic rings. The predicted octanol–water partition coefficient (Wildman–Crippen LogP) is 1.95. The molecule has 1 aromatic heterocycles. The Balaban J connectivity index is 2.21. The Labute approximate surface area is 163 Å². The first kappa shape index (κ1) is 19.9. The second kappa shape index (κ2) is 7.64. The van der Waals surface area contributed by atoms with Crippen molar-refractivity contribution in [2.24, 2.45) is 5.73 Å². The molecule has 0 aliphatic carbocycles. The lowest BCUT2D eigenvalue weighted by atomic mass is 9.97. The zero-order valence-electron chi connectivity index (χ0n) is 15.0. The molecule has 0 fully saturated rings. The number of hydrogen-bond donors (Lipinski definition) is 5. The van der Waals surface area contributed by atoms with Crippen molar-refractivity contribution in [3.05, 3.63) is 52.2 Å². The van der Waals surface area contributed by atoms with Gasteiger partial charge >= 0.3 is 5.97 Å². The summed E-state index contributed by atoms with van der Waals surface area (Å²) in [4.78, 5) is 36.0. The van der Waals surface area contributed by atoms with Crippen LogP contribution < -0.4 is 11.2 Å². The van der Waals surface area contributed by atoms with Crippen LogP contribution in [-0.2, 0) is 4.79 Å². The summed E-state index contributed by atoms with van der Waals surface area (Å²) in [6, 6.07) is 6.35. The minimum atomic E-state index is -1.27. The summed E-state index contributed by atoms with van der Waals surface area (Å²) < 4.78 is 5.66. The van der Waals surface area contributed by atoms with Crippen molar-refractivity contribution >= 4 is 22.7 Å². The van der Waals surface area contributed by atoms with Gasteiger partial charge < -0.3 is 30.6 Å². The summed E-state index contributed by atoms with van der Waals surface area (Å²) in [6.45, 7) is 0. The highest BCUT2D eigenvalue weighted by Crippen LogP contribution is 2.36. The second-order valence-corrected chi connectivity index (χ2v) is 6.42. The lowest BCUT2D eigenvalue weighted by Crippen LogP contribution is -2.31. The number of carbonyl (C=O) groups excluding carboxylic acids is 1. The van der Waals surface area contributed by atoms with E-state index in [0.717, 1.165) is 12.1 Å². The van der Waals surface area contributed by atoms with Crippen LogP contribution in [0.5, 0.6) is 17.2 Å².